The third-order valence-electron chi connectivity index (χ3n) is 4.11. The molecule has 0 spiro atoms. The van der Waals surface area contributed by atoms with E-state index in [1.165, 1.54) is 0 Å². The molecule has 0 radical (unpaired) electrons. The number of nitrogens with one attached hydrogen (secondary N) is 1. The van der Waals surface area contributed by atoms with Crippen molar-refractivity contribution in [3.63, 3.8) is 0 Å². The molecule has 1 aliphatic rings. The molecule has 0 bridgehead atoms. The fourth-order valence-corrected chi connectivity index (χ4v) is 3.30. The van der Waals surface area contributed by atoms with Crippen molar-refractivity contribution >= 4 is 0 Å². The van der Waals surface area contributed by atoms with Crippen LogP contribution in [0.1, 0.15) is 51.1 Å². The highest BCUT2D eigenvalue weighted by Gasteiger charge is 2.43. The molecule has 112 valence electrons. The number of hydrogen-bond acceptors (Lipinski definition) is 2. The lowest BCUT2D eigenvalue weighted by molar-refractivity contribution is -0.0631. The summed E-state index contributed by atoms with van der Waals surface area (Å²) in [6.07, 6.45) is 3.90. The van der Waals surface area contributed by atoms with Crippen molar-refractivity contribution in [1.29, 1.82) is 0 Å². The van der Waals surface area contributed by atoms with Crippen LogP contribution in [0.2, 0.25) is 0 Å². The molecule has 0 aliphatic heterocycles. The number of hydrogen-bond donors (Lipinski definition) is 1. The smallest absolute Gasteiger partial charge is 0.163 e. The summed E-state index contributed by atoms with van der Waals surface area (Å²) in [5.74, 6) is -1.56. The first kappa shape index (κ1) is 15.4. The van der Waals surface area contributed by atoms with Gasteiger partial charge in [0.15, 0.2) is 11.6 Å². The number of halogens is 2. The van der Waals surface area contributed by atoms with Gasteiger partial charge in [-0.15, -0.1) is 0 Å². The molecule has 1 fully saturated rings. The van der Waals surface area contributed by atoms with Crippen LogP contribution >= 0.6 is 0 Å². The van der Waals surface area contributed by atoms with E-state index in [0.717, 1.165) is 31.7 Å². The maximum atomic E-state index is 14.2. The van der Waals surface area contributed by atoms with Gasteiger partial charge >= 0.3 is 0 Å². The van der Waals surface area contributed by atoms with Crippen LogP contribution in [-0.4, -0.2) is 18.8 Å². The van der Waals surface area contributed by atoms with Crippen LogP contribution in [0.25, 0.3) is 0 Å². The van der Waals surface area contributed by atoms with Crippen LogP contribution in [0.3, 0.4) is 0 Å². The zero-order valence-corrected chi connectivity index (χ0v) is 12.2. The molecule has 1 saturated carbocycles. The molecule has 1 atom stereocenters. The highest BCUT2D eigenvalue weighted by Crippen LogP contribution is 2.43. The Morgan fingerprint density at radius 1 is 1.25 bits per heavy atom. The SMILES string of the molecule is CCNC(c1cccc(F)c1F)C1(OCC)CCCC1. The molecular weight excluding hydrogens is 260 g/mol. The number of ether oxygens (including phenoxy) is 1. The van der Waals surface area contributed by atoms with E-state index in [1.807, 2.05) is 13.8 Å². The maximum absolute atomic E-state index is 14.2. The Morgan fingerprint density at radius 3 is 2.55 bits per heavy atom. The first-order chi connectivity index (χ1) is 9.64. The molecule has 4 heteroatoms. The molecule has 1 aromatic rings. The summed E-state index contributed by atoms with van der Waals surface area (Å²) in [4.78, 5) is 0. The van der Waals surface area contributed by atoms with Crippen LogP contribution < -0.4 is 5.32 Å². The van der Waals surface area contributed by atoms with E-state index < -0.39 is 17.2 Å². The van der Waals surface area contributed by atoms with Gasteiger partial charge in [0, 0.05) is 12.2 Å². The van der Waals surface area contributed by atoms with Gasteiger partial charge in [-0.25, -0.2) is 8.78 Å². The summed E-state index contributed by atoms with van der Waals surface area (Å²) >= 11 is 0. The third-order valence-corrected chi connectivity index (χ3v) is 4.11. The Bertz CT molecular complexity index is 444. The van der Waals surface area contributed by atoms with Crippen molar-refractivity contribution in [2.24, 2.45) is 0 Å². The summed E-state index contributed by atoms with van der Waals surface area (Å²) in [6.45, 7) is 5.19. The Kier molecular flexibility index (Phi) is 5.11. The lowest BCUT2D eigenvalue weighted by Crippen LogP contribution is -2.44. The Morgan fingerprint density at radius 2 is 1.95 bits per heavy atom. The van der Waals surface area contributed by atoms with E-state index in [1.54, 1.807) is 12.1 Å². The van der Waals surface area contributed by atoms with Crippen molar-refractivity contribution in [2.45, 2.75) is 51.2 Å². The monoisotopic (exact) mass is 283 g/mol. The number of benzene rings is 1. The van der Waals surface area contributed by atoms with E-state index in [-0.39, 0.29) is 6.04 Å². The quantitative estimate of drug-likeness (QED) is 0.853. The van der Waals surface area contributed by atoms with E-state index in [4.69, 9.17) is 4.74 Å². The number of likely N-dealkylation sites (N-methyl/N-ethyl adjacent to an activating group) is 1. The van der Waals surface area contributed by atoms with Crippen molar-refractivity contribution < 1.29 is 13.5 Å². The fourth-order valence-electron chi connectivity index (χ4n) is 3.30. The zero-order chi connectivity index (χ0) is 14.6. The van der Waals surface area contributed by atoms with E-state index >= 15 is 0 Å². The topological polar surface area (TPSA) is 21.3 Å². The second kappa shape index (κ2) is 6.64. The van der Waals surface area contributed by atoms with Crippen LogP contribution in [-0.2, 0) is 4.74 Å². The minimum atomic E-state index is -0.796. The van der Waals surface area contributed by atoms with Gasteiger partial charge in [-0.1, -0.05) is 31.9 Å². The first-order valence-electron chi connectivity index (χ1n) is 7.46. The molecule has 2 rings (SSSR count). The van der Waals surface area contributed by atoms with Gasteiger partial charge in [0.1, 0.15) is 0 Å². The van der Waals surface area contributed by atoms with Gasteiger partial charge in [0.25, 0.3) is 0 Å². The molecule has 0 saturated heterocycles. The molecule has 1 unspecified atom stereocenters. The summed E-state index contributed by atoms with van der Waals surface area (Å²) in [5.41, 5.74) is -0.0402. The molecule has 20 heavy (non-hydrogen) atoms. The predicted molar refractivity (Wildman–Crippen MR) is 75.6 cm³/mol. The van der Waals surface area contributed by atoms with E-state index in [9.17, 15) is 8.78 Å². The molecule has 1 aliphatic carbocycles. The Balaban J connectivity index is 2.41. The van der Waals surface area contributed by atoms with Crippen LogP contribution in [0, 0.1) is 11.6 Å². The van der Waals surface area contributed by atoms with Crippen molar-refractivity contribution in [1.82, 2.24) is 5.32 Å². The molecular formula is C16H23F2NO. The van der Waals surface area contributed by atoms with Gasteiger partial charge in [-0.2, -0.15) is 0 Å². The van der Waals surface area contributed by atoms with Gasteiger partial charge in [0.05, 0.1) is 11.6 Å². The van der Waals surface area contributed by atoms with Gasteiger partial charge in [-0.3, -0.25) is 0 Å². The molecule has 0 amide bonds. The minimum absolute atomic E-state index is 0.300. The van der Waals surface area contributed by atoms with Gasteiger partial charge < -0.3 is 10.1 Å². The molecule has 1 aromatic carbocycles. The third kappa shape index (κ3) is 2.86. The Labute approximate surface area is 119 Å². The number of rotatable bonds is 6. The maximum Gasteiger partial charge on any atom is 0.163 e. The molecule has 0 aromatic heterocycles. The van der Waals surface area contributed by atoms with E-state index in [2.05, 4.69) is 5.32 Å². The average Bonchev–Trinajstić information content (AvgIpc) is 2.90. The highest BCUT2D eigenvalue weighted by atomic mass is 19.2. The molecule has 0 heterocycles. The second-order valence-electron chi connectivity index (χ2n) is 5.34. The summed E-state index contributed by atoms with van der Waals surface area (Å²) < 4.78 is 33.7. The first-order valence-corrected chi connectivity index (χ1v) is 7.46. The van der Waals surface area contributed by atoms with Crippen molar-refractivity contribution in [3.8, 4) is 0 Å². The van der Waals surface area contributed by atoms with Crippen molar-refractivity contribution in [2.75, 3.05) is 13.2 Å². The zero-order valence-electron chi connectivity index (χ0n) is 12.2. The minimum Gasteiger partial charge on any atom is -0.373 e. The Hall–Kier alpha value is -1.00. The van der Waals surface area contributed by atoms with Gasteiger partial charge in [-0.05, 0) is 32.4 Å². The summed E-state index contributed by atoms with van der Waals surface area (Å²) in [6, 6.07) is 4.08. The summed E-state index contributed by atoms with van der Waals surface area (Å²) in [7, 11) is 0. The molecule has 1 N–H and O–H groups in total. The lowest BCUT2D eigenvalue weighted by atomic mass is 9.86. The summed E-state index contributed by atoms with van der Waals surface area (Å²) in [5, 5.41) is 3.30. The van der Waals surface area contributed by atoms with Crippen molar-refractivity contribution in [3.05, 3.63) is 35.4 Å². The van der Waals surface area contributed by atoms with E-state index in [0.29, 0.717) is 18.7 Å². The fraction of sp³-hybridized carbons (Fsp3) is 0.625. The van der Waals surface area contributed by atoms with Crippen LogP contribution in [0.5, 0.6) is 0 Å². The van der Waals surface area contributed by atoms with Crippen LogP contribution in [0.4, 0.5) is 8.78 Å². The largest absolute Gasteiger partial charge is 0.373 e. The lowest BCUT2D eigenvalue weighted by Gasteiger charge is -2.38. The second-order valence-corrected chi connectivity index (χ2v) is 5.34. The molecule has 2 nitrogen and oxygen atoms in total. The normalized spacial score (nSPS) is 19.2. The van der Waals surface area contributed by atoms with Crippen LogP contribution in [0.15, 0.2) is 18.2 Å². The highest BCUT2D eigenvalue weighted by molar-refractivity contribution is 5.26. The average molecular weight is 283 g/mol. The van der Waals surface area contributed by atoms with Gasteiger partial charge in [0.2, 0.25) is 0 Å². The standard InChI is InChI=1S/C16H23F2NO/c1-3-19-15(12-8-7-9-13(17)14(12)18)16(20-4-2)10-5-6-11-16/h7-9,15,19H,3-6,10-11H2,1-2H3. The predicted octanol–water partition coefficient (Wildman–Crippen LogP) is 3.96.